The minimum Gasteiger partial charge on any atom is -0.381 e. The van der Waals surface area contributed by atoms with E-state index in [2.05, 4.69) is 15.5 Å². The van der Waals surface area contributed by atoms with Gasteiger partial charge in [-0.3, -0.25) is 0 Å². The molecule has 4 rings (SSSR count). The Kier molecular flexibility index (Phi) is 4.55. The summed E-state index contributed by atoms with van der Waals surface area (Å²) >= 11 is 0. The minimum absolute atomic E-state index is 0.140. The molecule has 144 valence electrons. The number of benzene rings is 1. The molecule has 1 aromatic carbocycles. The number of urea groups is 1. The topological polar surface area (TPSA) is 80.5 Å². The zero-order chi connectivity index (χ0) is 19.0. The lowest BCUT2D eigenvalue weighted by atomic mass is 9.72. The number of nitrogens with one attached hydrogen (secondary N) is 1. The molecule has 1 unspecified atom stereocenters. The number of aryl methyl sites for hydroxylation is 1. The Bertz CT molecular complexity index is 831. The predicted octanol–water partition coefficient (Wildman–Crippen LogP) is 3.08. The SMILES string of the molecule is Cc1noc(C2CN(C(=O)Nc3c(F)cccc3F)CC23CCOCC3)n1. The Morgan fingerprint density at radius 3 is 2.63 bits per heavy atom. The van der Waals surface area contributed by atoms with E-state index < -0.39 is 23.4 Å². The van der Waals surface area contributed by atoms with E-state index in [4.69, 9.17) is 9.26 Å². The van der Waals surface area contributed by atoms with E-state index in [9.17, 15) is 13.6 Å². The smallest absolute Gasteiger partial charge is 0.322 e. The molecular weight excluding hydrogens is 358 g/mol. The first-order chi connectivity index (χ1) is 13.0. The van der Waals surface area contributed by atoms with Crippen molar-refractivity contribution in [2.24, 2.45) is 5.41 Å². The van der Waals surface area contributed by atoms with Crippen molar-refractivity contribution in [3.8, 4) is 0 Å². The molecule has 2 aliphatic heterocycles. The molecule has 0 aliphatic carbocycles. The second-order valence-corrected chi connectivity index (χ2v) is 7.11. The van der Waals surface area contributed by atoms with Gasteiger partial charge in [-0.15, -0.1) is 0 Å². The van der Waals surface area contributed by atoms with Crippen molar-refractivity contribution >= 4 is 11.7 Å². The molecule has 2 amide bonds. The highest BCUT2D eigenvalue weighted by Gasteiger charge is 2.51. The minimum atomic E-state index is -0.813. The van der Waals surface area contributed by atoms with Crippen molar-refractivity contribution in [1.29, 1.82) is 0 Å². The van der Waals surface area contributed by atoms with Gasteiger partial charge >= 0.3 is 6.03 Å². The highest BCUT2D eigenvalue weighted by molar-refractivity contribution is 5.90. The van der Waals surface area contributed by atoms with Gasteiger partial charge in [0.25, 0.3) is 0 Å². The maximum absolute atomic E-state index is 13.9. The van der Waals surface area contributed by atoms with Crippen LogP contribution in [0.3, 0.4) is 0 Å². The number of amides is 2. The molecule has 2 aliphatic rings. The summed E-state index contributed by atoms with van der Waals surface area (Å²) in [6.45, 7) is 3.68. The molecule has 3 heterocycles. The van der Waals surface area contributed by atoms with Crippen molar-refractivity contribution in [3.05, 3.63) is 41.5 Å². The van der Waals surface area contributed by atoms with Gasteiger partial charge < -0.3 is 19.5 Å². The number of hydrogen-bond acceptors (Lipinski definition) is 5. The van der Waals surface area contributed by atoms with Crippen LogP contribution in [0.15, 0.2) is 22.7 Å². The van der Waals surface area contributed by atoms with Gasteiger partial charge in [-0.1, -0.05) is 11.2 Å². The fourth-order valence-electron chi connectivity index (χ4n) is 4.01. The number of aromatic nitrogens is 2. The molecular formula is C18H20F2N4O3. The average Bonchev–Trinajstić information content (AvgIpc) is 3.23. The summed E-state index contributed by atoms with van der Waals surface area (Å²) in [5, 5.41) is 6.22. The van der Waals surface area contributed by atoms with Gasteiger partial charge in [-0.25, -0.2) is 13.6 Å². The summed E-state index contributed by atoms with van der Waals surface area (Å²) in [7, 11) is 0. The molecule has 1 N–H and O–H groups in total. The summed E-state index contributed by atoms with van der Waals surface area (Å²) in [6.07, 6.45) is 1.49. The lowest BCUT2D eigenvalue weighted by Crippen LogP contribution is -2.38. The number of nitrogens with zero attached hydrogens (tertiary/aromatic N) is 3. The lowest BCUT2D eigenvalue weighted by Gasteiger charge is -2.36. The number of halogens is 2. The third-order valence-corrected chi connectivity index (χ3v) is 5.46. The Balaban J connectivity index is 1.58. The van der Waals surface area contributed by atoms with Crippen LogP contribution in [0.5, 0.6) is 0 Å². The van der Waals surface area contributed by atoms with Crippen LogP contribution in [0.4, 0.5) is 19.3 Å². The van der Waals surface area contributed by atoms with Gasteiger partial charge in [0.2, 0.25) is 5.89 Å². The number of rotatable bonds is 2. The van der Waals surface area contributed by atoms with Gasteiger partial charge in [0.15, 0.2) is 5.82 Å². The Hall–Kier alpha value is -2.55. The molecule has 1 spiro atoms. The van der Waals surface area contributed by atoms with E-state index in [-0.39, 0.29) is 11.3 Å². The summed E-state index contributed by atoms with van der Waals surface area (Å²) in [4.78, 5) is 18.6. The fraction of sp³-hybridized carbons (Fsp3) is 0.500. The zero-order valence-electron chi connectivity index (χ0n) is 14.9. The standard InChI is InChI=1S/C18H20F2N4O3/c1-11-21-16(27-23-11)12-9-24(10-18(12)5-7-26-8-6-18)17(25)22-15-13(19)3-2-4-14(15)20/h2-4,12H,5-10H2,1H3,(H,22,25). The summed E-state index contributed by atoms with van der Waals surface area (Å²) < 4.78 is 38.6. The molecule has 0 bridgehead atoms. The first kappa shape index (κ1) is 17.8. The Labute approximate surface area is 154 Å². The summed E-state index contributed by atoms with van der Waals surface area (Å²) in [6, 6.07) is 2.91. The molecule has 0 saturated carbocycles. The molecule has 9 heteroatoms. The van der Waals surface area contributed by atoms with Crippen LogP contribution in [0.1, 0.15) is 30.5 Å². The molecule has 2 fully saturated rings. The van der Waals surface area contributed by atoms with Crippen LogP contribution in [0, 0.1) is 24.0 Å². The first-order valence-corrected chi connectivity index (χ1v) is 8.86. The number of carbonyl (C=O) groups excluding carboxylic acids is 1. The Morgan fingerprint density at radius 1 is 1.30 bits per heavy atom. The number of ether oxygens (including phenoxy) is 1. The van der Waals surface area contributed by atoms with E-state index in [1.54, 1.807) is 11.8 Å². The predicted molar refractivity (Wildman–Crippen MR) is 91.2 cm³/mol. The van der Waals surface area contributed by atoms with Gasteiger partial charge in [0, 0.05) is 31.7 Å². The average molecular weight is 378 g/mol. The molecule has 1 atom stereocenters. The lowest BCUT2D eigenvalue weighted by molar-refractivity contribution is 0.00959. The second-order valence-electron chi connectivity index (χ2n) is 7.11. The summed E-state index contributed by atoms with van der Waals surface area (Å²) in [5.41, 5.74) is -0.692. The van der Waals surface area contributed by atoms with Crippen molar-refractivity contribution in [3.63, 3.8) is 0 Å². The van der Waals surface area contributed by atoms with Crippen LogP contribution >= 0.6 is 0 Å². The fourth-order valence-corrected chi connectivity index (χ4v) is 4.01. The van der Waals surface area contributed by atoms with Crippen molar-refractivity contribution < 1.29 is 22.8 Å². The van der Waals surface area contributed by atoms with Crippen LogP contribution < -0.4 is 5.32 Å². The van der Waals surface area contributed by atoms with Gasteiger partial charge in [-0.05, 0) is 31.9 Å². The van der Waals surface area contributed by atoms with E-state index >= 15 is 0 Å². The Morgan fingerprint density at radius 2 is 2.00 bits per heavy atom. The van der Waals surface area contributed by atoms with E-state index in [0.29, 0.717) is 38.0 Å². The molecule has 27 heavy (non-hydrogen) atoms. The third-order valence-electron chi connectivity index (χ3n) is 5.46. The largest absolute Gasteiger partial charge is 0.381 e. The van der Waals surface area contributed by atoms with Crippen molar-refractivity contribution in [1.82, 2.24) is 15.0 Å². The second kappa shape index (κ2) is 6.88. The molecule has 0 radical (unpaired) electrons. The van der Waals surface area contributed by atoms with E-state index in [1.807, 2.05) is 0 Å². The molecule has 1 aromatic heterocycles. The molecule has 7 nitrogen and oxygen atoms in total. The third kappa shape index (κ3) is 3.27. The van der Waals surface area contributed by atoms with Crippen LogP contribution in [0.2, 0.25) is 0 Å². The van der Waals surface area contributed by atoms with Gasteiger partial charge in [-0.2, -0.15) is 4.98 Å². The number of likely N-dealkylation sites (tertiary alicyclic amines) is 1. The maximum Gasteiger partial charge on any atom is 0.322 e. The van der Waals surface area contributed by atoms with Crippen molar-refractivity contribution in [2.45, 2.75) is 25.7 Å². The normalized spacial score (nSPS) is 21.6. The number of anilines is 1. The highest BCUT2D eigenvalue weighted by Crippen LogP contribution is 2.49. The van der Waals surface area contributed by atoms with Gasteiger partial charge in [0.1, 0.15) is 17.3 Å². The van der Waals surface area contributed by atoms with E-state index in [0.717, 1.165) is 25.0 Å². The van der Waals surface area contributed by atoms with Crippen LogP contribution in [-0.2, 0) is 4.74 Å². The summed E-state index contributed by atoms with van der Waals surface area (Å²) in [5.74, 6) is -0.746. The van der Waals surface area contributed by atoms with Crippen molar-refractivity contribution in [2.75, 3.05) is 31.6 Å². The quantitative estimate of drug-likeness (QED) is 0.869. The van der Waals surface area contributed by atoms with E-state index in [1.165, 1.54) is 6.07 Å². The molecule has 2 saturated heterocycles. The monoisotopic (exact) mass is 378 g/mol. The van der Waals surface area contributed by atoms with Crippen LogP contribution in [-0.4, -0.2) is 47.4 Å². The zero-order valence-corrected chi connectivity index (χ0v) is 14.9. The highest BCUT2D eigenvalue weighted by atomic mass is 19.1. The maximum atomic E-state index is 13.9. The van der Waals surface area contributed by atoms with Gasteiger partial charge in [0.05, 0.1) is 5.92 Å². The first-order valence-electron chi connectivity index (χ1n) is 8.86. The van der Waals surface area contributed by atoms with Crippen LogP contribution in [0.25, 0.3) is 0 Å². The molecule has 2 aromatic rings. The number of carbonyl (C=O) groups is 1. The number of hydrogen-bond donors (Lipinski definition) is 1. The number of para-hydroxylation sites is 1.